The smallest absolute Gasteiger partial charge is 0.289 e. The van der Waals surface area contributed by atoms with E-state index in [4.69, 9.17) is 4.42 Å². The minimum atomic E-state index is -0.119. The number of hydrogen-bond donors (Lipinski definition) is 0. The quantitative estimate of drug-likeness (QED) is 0.856. The van der Waals surface area contributed by atoms with E-state index in [1.165, 1.54) is 17.6 Å². The summed E-state index contributed by atoms with van der Waals surface area (Å²) in [6, 6.07) is 3.35. The molecule has 2 amide bonds. The Morgan fingerprint density at radius 2 is 2.00 bits per heavy atom. The van der Waals surface area contributed by atoms with Crippen LogP contribution in [0.3, 0.4) is 0 Å². The molecule has 1 fully saturated rings. The fourth-order valence-electron chi connectivity index (χ4n) is 2.31. The average molecular weight is 305 g/mol. The number of aromatic nitrogens is 1. The van der Waals surface area contributed by atoms with Gasteiger partial charge in [-0.3, -0.25) is 9.59 Å². The number of thiazole rings is 1. The van der Waals surface area contributed by atoms with E-state index in [1.807, 2.05) is 5.38 Å². The maximum Gasteiger partial charge on any atom is 0.289 e. The van der Waals surface area contributed by atoms with Crippen LogP contribution < -0.4 is 0 Å². The summed E-state index contributed by atoms with van der Waals surface area (Å²) in [7, 11) is 0. The van der Waals surface area contributed by atoms with Gasteiger partial charge in [-0.15, -0.1) is 11.3 Å². The summed E-state index contributed by atoms with van der Waals surface area (Å²) in [5.74, 6) is 0.287. The fourth-order valence-corrected chi connectivity index (χ4v) is 2.86. The van der Waals surface area contributed by atoms with Crippen molar-refractivity contribution in [3.63, 3.8) is 0 Å². The number of furan rings is 1. The standard InChI is InChI=1S/C14H15N3O3S/c18-13(8-11-9-21-10-15-11)16-3-5-17(6-4-16)14(19)12-2-1-7-20-12/h1-2,7,9-10H,3-6,8H2. The number of rotatable bonds is 3. The molecule has 110 valence electrons. The lowest BCUT2D eigenvalue weighted by Crippen LogP contribution is -2.50. The molecule has 2 aromatic heterocycles. The molecule has 7 heteroatoms. The lowest BCUT2D eigenvalue weighted by molar-refractivity contribution is -0.132. The van der Waals surface area contributed by atoms with Crippen molar-refractivity contribution in [1.29, 1.82) is 0 Å². The van der Waals surface area contributed by atoms with Crippen molar-refractivity contribution in [1.82, 2.24) is 14.8 Å². The molecule has 2 aromatic rings. The average Bonchev–Trinajstić information content (AvgIpc) is 3.20. The summed E-state index contributed by atoms with van der Waals surface area (Å²) in [6.07, 6.45) is 1.82. The van der Waals surface area contributed by atoms with Crippen LogP contribution in [0.1, 0.15) is 16.2 Å². The summed E-state index contributed by atoms with van der Waals surface area (Å²) >= 11 is 1.49. The summed E-state index contributed by atoms with van der Waals surface area (Å²) in [6.45, 7) is 2.16. The van der Waals surface area contributed by atoms with Gasteiger partial charge in [-0.05, 0) is 12.1 Å². The zero-order valence-electron chi connectivity index (χ0n) is 11.4. The molecule has 0 spiro atoms. The Morgan fingerprint density at radius 3 is 2.62 bits per heavy atom. The van der Waals surface area contributed by atoms with Crippen molar-refractivity contribution in [3.05, 3.63) is 40.7 Å². The third kappa shape index (κ3) is 3.13. The van der Waals surface area contributed by atoms with Gasteiger partial charge in [-0.2, -0.15) is 0 Å². The van der Waals surface area contributed by atoms with Gasteiger partial charge in [0.2, 0.25) is 5.91 Å². The molecule has 0 unspecified atom stereocenters. The van der Waals surface area contributed by atoms with Crippen LogP contribution >= 0.6 is 11.3 Å². The number of hydrogen-bond acceptors (Lipinski definition) is 5. The fraction of sp³-hybridized carbons (Fsp3) is 0.357. The van der Waals surface area contributed by atoms with Crippen LogP contribution in [0.15, 0.2) is 33.7 Å². The molecule has 6 nitrogen and oxygen atoms in total. The van der Waals surface area contributed by atoms with Crippen LogP contribution in [0, 0.1) is 0 Å². The molecular formula is C14H15N3O3S. The summed E-state index contributed by atoms with van der Waals surface area (Å²) in [5, 5.41) is 1.88. The molecule has 0 atom stereocenters. The van der Waals surface area contributed by atoms with Crippen molar-refractivity contribution in [3.8, 4) is 0 Å². The zero-order chi connectivity index (χ0) is 14.7. The number of nitrogens with zero attached hydrogens (tertiary/aromatic N) is 3. The van der Waals surface area contributed by atoms with Gasteiger partial charge < -0.3 is 14.2 Å². The first-order valence-electron chi connectivity index (χ1n) is 6.71. The van der Waals surface area contributed by atoms with Crippen molar-refractivity contribution in [2.75, 3.05) is 26.2 Å². The summed E-state index contributed by atoms with van der Waals surface area (Å²) < 4.78 is 5.11. The highest BCUT2D eigenvalue weighted by Gasteiger charge is 2.26. The number of piperazine rings is 1. The van der Waals surface area contributed by atoms with Crippen molar-refractivity contribution >= 4 is 23.2 Å². The van der Waals surface area contributed by atoms with Gasteiger partial charge in [0.05, 0.1) is 23.9 Å². The first-order chi connectivity index (χ1) is 10.2. The van der Waals surface area contributed by atoms with Gasteiger partial charge >= 0.3 is 0 Å². The van der Waals surface area contributed by atoms with Crippen molar-refractivity contribution < 1.29 is 14.0 Å². The van der Waals surface area contributed by atoms with E-state index in [2.05, 4.69) is 4.98 Å². The molecule has 3 rings (SSSR count). The predicted molar refractivity (Wildman–Crippen MR) is 77.0 cm³/mol. The van der Waals surface area contributed by atoms with E-state index in [9.17, 15) is 9.59 Å². The first-order valence-corrected chi connectivity index (χ1v) is 7.66. The Labute approximate surface area is 126 Å². The van der Waals surface area contributed by atoms with Gasteiger partial charge in [-0.1, -0.05) is 0 Å². The maximum absolute atomic E-state index is 12.1. The normalized spacial score (nSPS) is 15.2. The number of carbonyl (C=O) groups is 2. The largest absolute Gasteiger partial charge is 0.459 e. The Balaban J connectivity index is 1.53. The van der Waals surface area contributed by atoms with E-state index in [0.717, 1.165) is 5.69 Å². The molecule has 0 aromatic carbocycles. The van der Waals surface area contributed by atoms with E-state index in [1.54, 1.807) is 27.4 Å². The van der Waals surface area contributed by atoms with Gasteiger partial charge in [0.15, 0.2) is 5.76 Å². The molecular weight excluding hydrogens is 290 g/mol. The SMILES string of the molecule is O=C(Cc1cscn1)N1CCN(C(=O)c2ccco2)CC1. The van der Waals surface area contributed by atoms with Crippen LogP contribution in [0.2, 0.25) is 0 Å². The lowest BCUT2D eigenvalue weighted by atomic mass is 10.2. The van der Waals surface area contributed by atoms with Crippen LogP contribution in [-0.2, 0) is 11.2 Å². The van der Waals surface area contributed by atoms with Crippen LogP contribution in [-0.4, -0.2) is 52.8 Å². The highest BCUT2D eigenvalue weighted by molar-refractivity contribution is 7.07. The maximum atomic E-state index is 12.1. The van der Waals surface area contributed by atoms with Crippen LogP contribution in [0.5, 0.6) is 0 Å². The highest BCUT2D eigenvalue weighted by Crippen LogP contribution is 2.11. The molecule has 0 bridgehead atoms. The van der Waals surface area contributed by atoms with Crippen LogP contribution in [0.4, 0.5) is 0 Å². The topological polar surface area (TPSA) is 66.7 Å². The number of amides is 2. The van der Waals surface area contributed by atoms with Gasteiger partial charge in [0, 0.05) is 31.6 Å². The molecule has 0 aliphatic carbocycles. The Bertz CT molecular complexity index is 601. The Hall–Kier alpha value is -2.15. The third-order valence-electron chi connectivity index (χ3n) is 3.47. The third-order valence-corrected chi connectivity index (χ3v) is 4.10. The van der Waals surface area contributed by atoms with Gasteiger partial charge in [0.25, 0.3) is 5.91 Å². The molecule has 0 saturated carbocycles. The van der Waals surface area contributed by atoms with E-state index < -0.39 is 0 Å². The minimum absolute atomic E-state index is 0.0611. The molecule has 0 N–H and O–H groups in total. The monoisotopic (exact) mass is 305 g/mol. The summed E-state index contributed by atoms with van der Waals surface area (Å²) in [5.41, 5.74) is 2.53. The van der Waals surface area contributed by atoms with E-state index in [-0.39, 0.29) is 11.8 Å². The molecule has 21 heavy (non-hydrogen) atoms. The van der Waals surface area contributed by atoms with E-state index >= 15 is 0 Å². The second-order valence-corrected chi connectivity index (χ2v) is 5.53. The highest BCUT2D eigenvalue weighted by atomic mass is 32.1. The molecule has 1 saturated heterocycles. The van der Waals surface area contributed by atoms with Crippen molar-refractivity contribution in [2.24, 2.45) is 0 Å². The van der Waals surface area contributed by atoms with Gasteiger partial charge in [0.1, 0.15) is 0 Å². The Kier molecular flexibility index (Phi) is 4.01. The predicted octanol–water partition coefficient (Wildman–Crippen LogP) is 1.26. The van der Waals surface area contributed by atoms with E-state index in [0.29, 0.717) is 38.4 Å². The van der Waals surface area contributed by atoms with Crippen molar-refractivity contribution in [2.45, 2.75) is 6.42 Å². The summed E-state index contributed by atoms with van der Waals surface area (Å²) in [4.78, 5) is 31.9. The zero-order valence-corrected chi connectivity index (χ0v) is 12.2. The second kappa shape index (κ2) is 6.09. The molecule has 1 aliphatic heterocycles. The lowest BCUT2D eigenvalue weighted by Gasteiger charge is -2.34. The number of carbonyl (C=O) groups excluding carboxylic acids is 2. The molecule has 1 aliphatic rings. The molecule has 0 radical (unpaired) electrons. The first kappa shape index (κ1) is 13.8. The molecule has 3 heterocycles. The minimum Gasteiger partial charge on any atom is -0.459 e. The van der Waals surface area contributed by atoms with Gasteiger partial charge in [-0.25, -0.2) is 4.98 Å². The van der Waals surface area contributed by atoms with Crippen LogP contribution in [0.25, 0.3) is 0 Å². The Morgan fingerprint density at radius 1 is 1.24 bits per heavy atom. The second-order valence-electron chi connectivity index (χ2n) is 4.81.